The molecule has 2 aliphatic rings. The number of hydrazone groups is 1. The van der Waals surface area contributed by atoms with Gasteiger partial charge in [0.05, 0.1) is 18.4 Å². The van der Waals surface area contributed by atoms with Crippen LogP contribution in [0.3, 0.4) is 0 Å². The average molecular weight is 296 g/mol. The van der Waals surface area contributed by atoms with E-state index in [0.717, 1.165) is 36.4 Å². The smallest absolute Gasteiger partial charge is 0.124 e. The third-order valence-electron chi connectivity index (χ3n) is 4.24. The Morgan fingerprint density at radius 2 is 1.91 bits per heavy atom. The van der Waals surface area contributed by atoms with E-state index in [0.29, 0.717) is 6.61 Å². The largest absolute Gasteiger partial charge is 0.493 e. The number of ether oxygens (including phenoxy) is 1. The standard InChI is InChI=1S/C18H17FN2O/c19-14-8-6-13(7-9-14)16-12-17-15-4-1-2-5-18(15)22-11-3-10-21(17)20-16/h1-2,4-9,17H,3,10-12H2. The molecule has 1 atom stereocenters. The van der Waals surface area contributed by atoms with Crippen LogP contribution >= 0.6 is 0 Å². The predicted molar refractivity (Wildman–Crippen MR) is 83.6 cm³/mol. The molecule has 0 saturated carbocycles. The molecular formula is C18H17FN2O. The molecule has 2 aromatic carbocycles. The van der Waals surface area contributed by atoms with E-state index in [-0.39, 0.29) is 11.9 Å². The third-order valence-corrected chi connectivity index (χ3v) is 4.24. The first kappa shape index (κ1) is 13.3. The minimum atomic E-state index is -0.215. The average Bonchev–Trinajstić information content (AvgIpc) is 2.94. The Morgan fingerprint density at radius 1 is 1.09 bits per heavy atom. The normalized spacial score (nSPS) is 20.3. The number of benzene rings is 2. The highest BCUT2D eigenvalue weighted by Gasteiger charge is 2.31. The molecule has 0 bridgehead atoms. The lowest BCUT2D eigenvalue weighted by Gasteiger charge is -2.28. The summed E-state index contributed by atoms with van der Waals surface area (Å²) in [5.41, 5.74) is 3.19. The van der Waals surface area contributed by atoms with Crippen LogP contribution in [0.5, 0.6) is 5.75 Å². The molecule has 112 valence electrons. The Balaban J connectivity index is 1.69. The Morgan fingerprint density at radius 3 is 2.77 bits per heavy atom. The SMILES string of the molecule is Fc1ccc(C2=NN3CCCOc4ccccc4C3C2)cc1. The van der Waals surface area contributed by atoms with Crippen LogP contribution in [0, 0.1) is 5.82 Å². The van der Waals surface area contributed by atoms with Crippen LogP contribution in [0.1, 0.15) is 30.0 Å². The summed E-state index contributed by atoms with van der Waals surface area (Å²) in [6, 6.07) is 15.0. The summed E-state index contributed by atoms with van der Waals surface area (Å²) in [5, 5.41) is 6.94. The van der Waals surface area contributed by atoms with Crippen molar-refractivity contribution in [3.8, 4) is 5.75 Å². The zero-order chi connectivity index (χ0) is 14.9. The summed E-state index contributed by atoms with van der Waals surface area (Å²) in [7, 11) is 0. The number of hydrogen-bond acceptors (Lipinski definition) is 3. The highest BCUT2D eigenvalue weighted by atomic mass is 19.1. The molecule has 0 N–H and O–H groups in total. The van der Waals surface area contributed by atoms with Gasteiger partial charge in [0, 0.05) is 24.9 Å². The molecule has 1 unspecified atom stereocenters. The van der Waals surface area contributed by atoms with Crippen molar-refractivity contribution in [3.05, 3.63) is 65.5 Å². The van der Waals surface area contributed by atoms with Crippen LogP contribution in [-0.2, 0) is 0 Å². The van der Waals surface area contributed by atoms with Crippen molar-refractivity contribution in [1.29, 1.82) is 0 Å². The van der Waals surface area contributed by atoms with E-state index in [4.69, 9.17) is 9.84 Å². The van der Waals surface area contributed by atoms with E-state index in [1.165, 1.54) is 17.7 Å². The molecule has 4 heteroatoms. The van der Waals surface area contributed by atoms with Crippen molar-refractivity contribution >= 4 is 5.71 Å². The van der Waals surface area contributed by atoms with Crippen molar-refractivity contribution < 1.29 is 9.13 Å². The maximum atomic E-state index is 13.1. The minimum Gasteiger partial charge on any atom is -0.493 e. The summed E-state index contributed by atoms with van der Waals surface area (Å²) >= 11 is 0. The predicted octanol–water partition coefficient (Wildman–Crippen LogP) is 3.76. The summed E-state index contributed by atoms with van der Waals surface area (Å²) in [5.74, 6) is 0.736. The minimum absolute atomic E-state index is 0.205. The van der Waals surface area contributed by atoms with Crippen LogP contribution in [0.15, 0.2) is 53.6 Å². The zero-order valence-electron chi connectivity index (χ0n) is 12.2. The van der Waals surface area contributed by atoms with Crippen LogP contribution < -0.4 is 4.74 Å². The first-order valence-corrected chi connectivity index (χ1v) is 7.63. The lowest BCUT2D eigenvalue weighted by molar-refractivity contribution is 0.182. The quantitative estimate of drug-likeness (QED) is 0.800. The molecule has 3 nitrogen and oxygen atoms in total. The second kappa shape index (κ2) is 5.44. The van der Waals surface area contributed by atoms with Gasteiger partial charge in [0.1, 0.15) is 11.6 Å². The molecule has 2 aliphatic heterocycles. The van der Waals surface area contributed by atoms with Gasteiger partial charge in [-0.3, -0.25) is 5.01 Å². The fourth-order valence-corrected chi connectivity index (χ4v) is 3.14. The molecule has 22 heavy (non-hydrogen) atoms. The summed E-state index contributed by atoms with van der Waals surface area (Å²) in [6.45, 7) is 1.59. The Labute approximate surface area is 129 Å². The van der Waals surface area contributed by atoms with E-state index < -0.39 is 0 Å². The molecule has 4 rings (SSSR count). The molecule has 0 fully saturated rings. The number of hydrogen-bond donors (Lipinski definition) is 0. The van der Waals surface area contributed by atoms with E-state index in [1.807, 2.05) is 18.2 Å². The van der Waals surface area contributed by atoms with Gasteiger partial charge in [-0.2, -0.15) is 5.10 Å². The number of nitrogens with zero attached hydrogens (tertiary/aromatic N) is 2. The van der Waals surface area contributed by atoms with E-state index >= 15 is 0 Å². The van der Waals surface area contributed by atoms with Crippen molar-refractivity contribution in [2.24, 2.45) is 5.10 Å². The van der Waals surface area contributed by atoms with Crippen LogP contribution in [-0.4, -0.2) is 23.9 Å². The number of fused-ring (bicyclic) bond motifs is 3. The van der Waals surface area contributed by atoms with Crippen LogP contribution in [0.25, 0.3) is 0 Å². The van der Waals surface area contributed by atoms with E-state index in [9.17, 15) is 4.39 Å². The van der Waals surface area contributed by atoms with Crippen molar-refractivity contribution in [3.63, 3.8) is 0 Å². The first-order chi connectivity index (χ1) is 10.8. The van der Waals surface area contributed by atoms with Gasteiger partial charge in [-0.15, -0.1) is 0 Å². The number of rotatable bonds is 1. The highest BCUT2D eigenvalue weighted by Crippen LogP contribution is 2.38. The fourth-order valence-electron chi connectivity index (χ4n) is 3.14. The zero-order valence-corrected chi connectivity index (χ0v) is 12.2. The molecule has 0 aliphatic carbocycles. The van der Waals surface area contributed by atoms with Gasteiger partial charge < -0.3 is 4.74 Å². The summed E-state index contributed by atoms with van der Waals surface area (Å²) in [6.07, 6.45) is 1.77. The van der Waals surface area contributed by atoms with Crippen molar-refractivity contribution in [1.82, 2.24) is 5.01 Å². The first-order valence-electron chi connectivity index (χ1n) is 7.63. The van der Waals surface area contributed by atoms with Crippen molar-refractivity contribution in [2.45, 2.75) is 18.9 Å². The lowest BCUT2D eigenvalue weighted by atomic mass is 9.97. The molecule has 0 radical (unpaired) electrons. The number of halogens is 1. The second-order valence-corrected chi connectivity index (χ2v) is 5.68. The highest BCUT2D eigenvalue weighted by molar-refractivity contribution is 6.01. The van der Waals surface area contributed by atoms with Gasteiger partial charge >= 0.3 is 0 Å². The van der Waals surface area contributed by atoms with Gasteiger partial charge in [0.15, 0.2) is 0 Å². The Bertz CT molecular complexity index is 711. The van der Waals surface area contributed by atoms with Gasteiger partial charge in [-0.25, -0.2) is 4.39 Å². The second-order valence-electron chi connectivity index (χ2n) is 5.68. The molecule has 2 heterocycles. The molecule has 0 amide bonds. The van der Waals surface area contributed by atoms with E-state index in [2.05, 4.69) is 11.1 Å². The maximum Gasteiger partial charge on any atom is 0.124 e. The topological polar surface area (TPSA) is 24.8 Å². The van der Waals surface area contributed by atoms with Gasteiger partial charge in [-0.05, 0) is 23.8 Å². The van der Waals surface area contributed by atoms with Crippen LogP contribution in [0.2, 0.25) is 0 Å². The van der Waals surface area contributed by atoms with Crippen molar-refractivity contribution in [2.75, 3.05) is 13.2 Å². The Kier molecular flexibility index (Phi) is 3.29. The molecule has 2 aromatic rings. The molecular weight excluding hydrogens is 279 g/mol. The van der Waals surface area contributed by atoms with Gasteiger partial charge in [-0.1, -0.05) is 30.3 Å². The van der Waals surface area contributed by atoms with Gasteiger partial charge in [0.25, 0.3) is 0 Å². The molecule has 0 aromatic heterocycles. The van der Waals surface area contributed by atoms with Gasteiger partial charge in [0.2, 0.25) is 0 Å². The monoisotopic (exact) mass is 296 g/mol. The maximum absolute atomic E-state index is 13.1. The molecule has 0 spiro atoms. The number of para-hydroxylation sites is 1. The summed E-state index contributed by atoms with van der Waals surface area (Å²) in [4.78, 5) is 0. The summed E-state index contributed by atoms with van der Waals surface area (Å²) < 4.78 is 19.0. The Hall–Kier alpha value is -2.36. The third kappa shape index (κ3) is 2.34. The fraction of sp³-hybridized carbons (Fsp3) is 0.278. The van der Waals surface area contributed by atoms with Crippen LogP contribution in [0.4, 0.5) is 4.39 Å². The molecule has 0 saturated heterocycles. The lowest BCUT2D eigenvalue weighted by Crippen LogP contribution is -2.25. The van der Waals surface area contributed by atoms with E-state index in [1.54, 1.807) is 12.1 Å².